The number of hydrogen-bond donors (Lipinski definition) is 13. The summed E-state index contributed by atoms with van der Waals surface area (Å²) in [6.45, 7) is -2.04. The van der Waals surface area contributed by atoms with Crippen LogP contribution in [0.15, 0.2) is 67.1 Å². The van der Waals surface area contributed by atoms with Crippen molar-refractivity contribution in [2.24, 2.45) is 11.5 Å². The molecule has 4 aromatic rings. The van der Waals surface area contributed by atoms with E-state index in [1.165, 1.54) is 36.8 Å². The molecule has 0 saturated carbocycles. The molecule has 326 valence electrons. The van der Waals surface area contributed by atoms with Crippen molar-refractivity contribution in [3.05, 3.63) is 95.1 Å². The maximum Gasteiger partial charge on any atom is 0.340 e. The maximum absolute atomic E-state index is 13.4. The number of carbonyl (C=O) groups is 6. The average Bonchev–Trinajstić information content (AvgIpc) is 3.85. The van der Waals surface area contributed by atoms with Crippen LogP contribution >= 0.6 is 12.2 Å². The molecule has 23 heteroatoms. The van der Waals surface area contributed by atoms with Gasteiger partial charge in [0.1, 0.15) is 47.2 Å². The Labute approximate surface area is 356 Å². The predicted molar refractivity (Wildman–Crippen MR) is 219 cm³/mol. The Morgan fingerprint density at radius 2 is 1.45 bits per heavy atom. The Hall–Kier alpha value is -7.34. The molecule has 4 atom stereocenters. The number of carbonyl (C=O) groups excluding carboxylic acids is 6. The number of phenolic OH excluding ortho intramolecular Hbond substituents is 2. The van der Waals surface area contributed by atoms with Crippen molar-refractivity contribution < 1.29 is 58.7 Å². The highest BCUT2D eigenvalue weighted by atomic mass is 32.1. The zero-order chi connectivity index (χ0) is 44.7. The molecule has 5 amide bonds. The van der Waals surface area contributed by atoms with Gasteiger partial charge in [-0.2, -0.15) is 0 Å². The molecule has 0 bridgehead atoms. The predicted octanol–water partition coefficient (Wildman–Crippen LogP) is -2.32. The second kappa shape index (κ2) is 18.9. The topological polar surface area (TPSA) is 355 Å². The third-order valence-electron chi connectivity index (χ3n) is 9.79. The van der Waals surface area contributed by atoms with Gasteiger partial charge >= 0.3 is 5.97 Å². The van der Waals surface area contributed by atoms with Gasteiger partial charge in [-0.3, -0.25) is 24.0 Å². The lowest BCUT2D eigenvalue weighted by atomic mass is 9.77. The van der Waals surface area contributed by atoms with Crippen LogP contribution in [0.5, 0.6) is 23.0 Å². The highest BCUT2D eigenvalue weighted by Crippen LogP contribution is 2.57. The minimum Gasteiger partial charge on any atom is -0.508 e. The van der Waals surface area contributed by atoms with E-state index in [9.17, 15) is 49.2 Å². The number of nitrogens with one attached hydrogen (secondary N) is 7. The molecule has 3 heterocycles. The summed E-state index contributed by atoms with van der Waals surface area (Å²) in [6, 6.07) is 8.27. The van der Waals surface area contributed by atoms with Crippen molar-refractivity contribution >= 4 is 58.5 Å². The Bertz CT molecular complexity index is 2350. The van der Waals surface area contributed by atoms with Gasteiger partial charge < -0.3 is 78.3 Å². The van der Waals surface area contributed by atoms with Gasteiger partial charge in [0, 0.05) is 72.3 Å². The number of aromatic hydroxyl groups is 2. The SMILES string of the molecule is NC(=O)[C@H](CO)NC(=O)[C@H](CO)NC(=O)[C@H](Cc1cnc[nH]1)NC(=O)CCNC(=O)[C@@H](N)CNC(=S)Nc1ccc2c(c1)C(=O)OC21c2ccc(O)cc2Oc2cc(O)ccc21. The summed E-state index contributed by atoms with van der Waals surface area (Å²) in [4.78, 5) is 82.9. The number of primary amides is 1. The Morgan fingerprint density at radius 3 is 2.06 bits per heavy atom. The fourth-order valence-corrected chi connectivity index (χ4v) is 6.92. The van der Waals surface area contributed by atoms with E-state index < -0.39 is 78.5 Å². The van der Waals surface area contributed by atoms with Crippen LogP contribution in [0.25, 0.3) is 0 Å². The minimum atomic E-state index is -1.57. The van der Waals surface area contributed by atoms with Crippen molar-refractivity contribution in [3.63, 3.8) is 0 Å². The summed E-state index contributed by atoms with van der Waals surface area (Å²) in [5.74, 6) is -4.59. The monoisotopic (exact) mass is 874 g/mol. The molecular formula is C39H42N10O12S. The lowest BCUT2D eigenvalue weighted by molar-refractivity contribution is -0.134. The number of amides is 5. The fourth-order valence-electron chi connectivity index (χ4n) is 6.72. The molecule has 2 aliphatic heterocycles. The van der Waals surface area contributed by atoms with Gasteiger partial charge in [-0.15, -0.1) is 0 Å². The molecule has 22 nitrogen and oxygen atoms in total. The zero-order valence-corrected chi connectivity index (χ0v) is 33.3. The third kappa shape index (κ3) is 9.65. The third-order valence-corrected chi connectivity index (χ3v) is 10.0. The fraction of sp³-hybridized carbons (Fsp3) is 0.282. The van der Waals surface area contributed by atoms with Crippen molar-refractivity contribution in [1.29, 1.82) is 0 Å². The number of thiocarbonyl (C=S) groups is 1. The normalized spacial score (nSPS) is 14.9. The van der Waals surface area contributed by atoms with Gasteiger partial charge in [0.05, 0.1) is 25.1 Å². The number of esters is 1. The molecule has 0 unspecified atom stereocenters. The van der Waals surface area contributed by atoms with Crippen LogP contribution in [0, 0.1) is 0 Å². The first-order chi connectivity index (χ1) is 29.6. The van der Waals surface area contributed by atoms with Crippen LogP contribution in [0.4, 0.5) is 5.69 Å². The average molecular weight is 875 g/mol. The molecule has 0 fully saturated rings. The van der Waals surface area contributed by atoms with Gasteiger partial charge in [-0.1, -0.05) is 6.07 Å². The van der Waals surface area contributed by atoms with Crippen LogP contribution in [0.2, 0.25) is 0 Å². The van der Waals surface area contributed by atoms with E-state index >= 15 is 0 Å². The molecule has 1 aromatic heterocycles. The van der Waals surface area contributed by atoms with Gasteiger partial charge in [0.15, 0.2) is 10.7 Å². The molecule has 15 N–H and O–H groups in total. The number of phenols is 2. The number of imidazole rings is 1. The van der Waals surface area contributed by atoms with Crippen molar-refractivity contribution in [2.75, 3.05) is 31.6 Å². The molecule has 62 heavy (non-hydrogen) atoms. The van der Waals surface area contributed by atoms with E-state index in [1.807, 2.05) is 0 Å². The Kier molecular flexibility index (Phi) is 13.5. The first-order valence-corrected chi connectivity index (χ1v) is 19.2. The number of fused-ring (bicyclic) bond motifs is 6. The van der Waals surface area contributed by atoms with E-state index in [0.29, 0.717) is 28.1 Å². The summed E-state index contributed by atoms with van der Waals surface area (Å²) in [7, 11) is 0. The molecule has 3 aromatic carbocycles. The number of hydrogen-bond acceptors (Lipinski definition) is 15. The van der Waals surface area contributed by atoms with E-state index in [2.05, 4.69) is 41.9 Å². The van der Waals surface area contributed by atoms with Crippen LogP contribution in [0.3, 0.4) is 0 Å². The standard InChI is InChI=1S/C39H42N10O12S/c40-26(34(56)43-8-7-32(54)47-27(10-19-13-42-17-45-19)35(57)49-29(16-51)36(58)48-28(15-50)33(41)55)14-44-38(62)46-18-1-4-23-22(9-18)37(59)61-39(23)24-5-2-20(52)11-30(24)60-31-12-21(53)3-6-25(31)39/h1-6,9,11-13,17,26-29,50-53H,7-8,10,14-16,40H2,(H2,41,55)(H,42,45)(H,43,56)(H,47,54)(H,48,58)(H,49,57)(H2,44,46,62)/t26-,27-,28-,29-/m0/s1. The van der Waals surface area contributed by atoms with Crippen LogP contribution in [-0.4, -0.2) is 121 Å². The number of aromatic amines is 1. The number of nitrogens with two attached hydrogens (primary N) is 2. The van der Waals surface area contributed by atoms with E-state index in [4.69, 9.17) is 33.2 Å². The highest BCUT2D eigenvalue weighted by Gasteiger charge is 2.53. The number of rotatable bonds is 17. The Morgan fingerprint density at radius 1 is 0.823 bits per heavy atom. The van der Waals surface area contributed by atoms with Gasteiger partial charge in [-0.25, -0.2) is 9.78 Å². The van der Waals surface area contributed by atoms with Gasteiger partial charge in [-0.05, 0) is 48.6 Å². The second-order valence-electron chi connectivity index (χ2n) is 14.1. The number of nitrogens with zero attached hydrogens (tertiary/aromatic N) is 1. The number of aliphatic hydroxyl groups excluding tert-OH is 2. The molecule has 1 spiro atoms. The summed E-state index contributed by atoms with van der Waals surface area (Å²) in [5, 5.41) is 54.6. The number of anilines is 1. The lowest BCUT2D eigenvalue weighted by Crippen LogP contribution is -2.58. The lowest BCUT2D eigenvalue weighted by Gasteiger charge is -2.36. The number of ether oxygens (including phenoxy) is 2. The summed E-state index contributed by atoms with van der Waals surface area (Å²) in [5.41, 5.74) is 12.2. The molecular weight excluding hydrogens is 833 g/mol. The van der Waals surface area contributed by atoms with Crippen LogP contribution in [-0.2, 0) is 40.7 Å². The second-order valence-corrected chi connectivity index (χ2v) is 14.5. The highest BCUT2D eigenvalue weighted by molar-refractivity contribution is 7.80. The molecule has 2 aliphatic rings. The van der Waals surface area contributed by atoms with Crippen molar-refractivity contribution in [2.45, 2.75) is 42.6 Å². The maximum atomic E-state index is 13.4. The first kappa shape index (κ1) is 44.2. The number of aliphatic hydroxyl groups is 2. The van der Waals surface area contributed by atoms with Crippen molar-refractivity contribution in [3.8, 4) is 23.0 Å². The largest absolute Gasteiger partial charge is 0.508 e. The zero-order valence-electron chi connectivity index (χ0n) is 32.5. The first-order valence-electron chi connectivity index (χ1n) is 18.8. The Balaban J connectivity index is 1.00. The molecule has 6 rings (SSSR count). The van der Waals surface area contributed by atoms with E-state index in [1.54, 1.807) is 30.3 Å². The van der Waals surface area contributed by atoms with Crippen LogP contribution in [0.1, 0.15) is 39.2 Å². The smallest absolute Gasteiger partial charge is 0.340 e. The minimum absolute atomic E-state index is 0.0601. The van der Waals surface area contributed by atoms with Gasteiger partial charge in [0.2, 0.25) is 29.5 Å². The summed E-state index contributed by atoms with van der Waals surface area (Å²) >= 11 is 5.41. The van der Waals surface area contributed by atoms with Crippen molar-refractivity contribution in [1.82, 2.24) is 36.6 Å². The number of H-pyrrole nitrogens is 1. The van der Waals surface area contributed by atoms with Gasteiger partial charge in [0.25, 0.3) is 0 Å². The summed E-state index contributed by atoms with van der Waals surface area (Å²) in [6.07, 6.45) is 2.35. The van der Waals surface area contributed by atoms with E-state index in [-0.39, 0.29) is 59.6 Å². The molecule has 0 radical (unpaired) electrons. The molecule has 0 aliphatic carbocycles. The number of benzene rings is 3. The quantitative estimate of drug-likeness (QED) is 0.0391. The molecule has 0 saturated heterocycles. The van der Waals surface area contributed by atoms with Crippen LogP contribution < -0.4 is 48.1 Å². The summed E-state index contributed by atoms with van der Waals surface area (Å²) < 4.78 is 12.1. The van der Waals surface area contributed by atoms with E-state index in [0.717, 1.165) is 0 Å². The number of aromatic nitrogens is 2.